The predicted molar refractivity (Wildman–Crippen MR) is 74.0 cm³/mol. The van der Waals surface area contributed by atoms with Crippen molar-refractivity contribution in [3.05, 3.63) is 28.5 Å². The maximum Gasteiger partial charge on any atom is 0.306 e. The first kappa shape index (κ1) is 15.5. The fraction of sp³-hybridized carbons (Fsp3) is 0.333. The van der Waals surface area contributed by atoms with E-state index in [1.165, 1.54) is 23.9 Å². The van der Waals surface area contributed by atoms with Gasteiger partial charge in [0, 0.05) is 17.1 Å². The first-order valence-corrected chi connectivity index (χ1v) is 6.76. The lowest BCUT2D eigenvalue weighted by Crippen LogP contribution is -2.23. The molecule has 0 amide bonds. The number of ether oxygens (including phenoxy) is 1. The Balaban J connectivity index is 2.27. The van der Waals surface area contributed by atoms with Crippen LogP contribution in [0.25, 0.3) is 11.4 Å². The zero-order valence-electron chi connectivity index (χ0n) is 11.0. The van der Waals surface area contributed by atoms with E-state index >= 15 is 0 Å². The second kappa shape index (κ2) is 6.72. The number of benzene rings is 1. The van der Waals surface area contributed by atoms with E-state index in [9.17, 15) is 9.18 Å². The minimum atomic E-state index is -0.973. The van der Waals surface area contributed by atoms with E-state index in [-0.39, 0.29) is 18.8 Å². The van der Waals surface area contributed by atoms with Crippen LogP contribution < -0.4 is 0 Å². The Labute approximate surface area is 127 Å². The molecule has 7 nitrogen and oxygen atoms in total. The molecule has 0 saturated heterocycles. The molecule has 2 aromatic rings. The van der Waals surface area contributed by atoms with Crippen molar-refractivity contribution in [2.75, 3.05) is 7.11 Å². The quantitative estimate of drug-likeness (QED) is 0.845. The number of hydrogen-bond donors (Lipinski definition) is 1. The summed E-state index contributed by atoms with van der Waals surface area (Å²) in [5, 5.41) is 20.1. The Morgan fingerprint density at radius 1 is 1.57 bits per heavy atom. The molecule has 1 aromatic carbocycles. The van der Waals surface area contributed by atoms with E-state index in [0.717, 1.165) is 0 Å². The summed E-state index contributed by atoms with van der Waals surface area (Å²) in [6.07, 6.45) is -0.732. The molecular weight excluding hydrogens is 347 g/mol. The van der Waals surface area contributed by atoms with Crippen molar-refractivity contribution in [1.29, 1.82) is 0 Å². The van der Waals surface area contributed by atoms with Crippen molar-refractivity contribution >= 4 is 21.9 Å². The summed E-state index contributed by atoms with van der Waals surface area (Å²) < 4.78 is 20.2. The molecule has 1 aromatic heterocycles. The lowest BCUT2D eigenvalue weighted by atomic mass is 10.2. The molecule has 2 rings (SSSR count). The van der Waals surface area contributed by atoms with Crippen LogP contribution in [-0.2, 0) is 16.1 Å². The number of hydrogen-bond acceptors (Lipinski definition) is 5. The number of aromatic nitrogens is 4. The van der Waals surface area contributed by atoms with Crippen molar-refractivity contribution in [1.82, 2.24) is 20.2 Å². The minimum Gasteiger partial charge on any atom is -0.481 e. The third kappa shape index (κ3) is 3.82. The lowest BCUT2D eigenvalue weighted by Gasteiger charge is -2.14. The second-order valence-electron chi connectivity index (χ2n) is 4.26. The number of carboxylic acid groups (broad SMARTS) is 1. The standard InChI is InChI=1S/C12H12BrFN4O3/c1-21-8(5-11(19)20)6-18-12(15-16-17-18)9-3-2-7(14)4-10(9)13/h2-4,8H,5-6H2,1H3,(H,19,20). The summed E-state index contributed by atoms with van der Waals surface area (Å²) in [7, 11) is 1.42. The predicted octanol–water partition coefficient (Wildman–Crippen LogP) is 1.73. The fourth-order valence-corrected chi connectivity index (χ4v) is 2.33. The van der Waals surface area contributed by atoms with Gasteiger partial charge in [0.1, 0.15) is 5.82 Å². The van der Waals surface area contributed by atoms with Crippen LogP contribution in [0.15, 0.2) is 22.7 Å². The number of halogens is 2. The molecule has 9 heteroatoms. The topological polar surface area (TPSA) is 90.1 Å². The average molecular weight is 359 g/mol. The second-order valence-corrected chi connectivity index (χ2v) is 5.12. The number of carbonyl (C=O) groups is 1. The molecule has 0 aliphatic rings. The molecule has 0 saturated carbocycles. The number of aliphatic carboxylic acids is 1. The largest absolute Gasteiger partial charge is 0.481 e. The molecular formula is C12H12BrFN4O3. The van der Waals surface area contributed by atoms with Gasteiger partial charge in [0.2, 0.25) is 0 Å². The van der Waals surface area contributed by atoms with E-state index in [1.807, 2.05) is 0 Å². The minimum absolute atomic E-state index is 0.166. The van der Waals surface area contributed by atoms with Gasteiger partial charge in [-0.25, -0.2) is 9.07 Å². The monoisotopic (exact) mass is 358 g/mol. The van der Waals surface area contributed by atoms with Crippen LogP contribution in [0.2, 0.25) is 0 Å². The Kier molecular flexibility index (Phi) is 4.97. The summed E-state index contributed by atoms with van der Waals surface area (Å²) in [4.78, 5) is 10.8. The Morgan fingerprint density at radius 2 is 2.33 bits per heavy atom. The fourth-order valence-electron chi connectivity index (χ4n) is 1.80. The van der Waals surface area contributed by atoms with Gasteiger partial charge in [-0.15, -0.1) is 5.10 Å². The van der Waals surface area contributed by atoms with Gasteiger partial charge >= 0.3 is 5.97 Å². The molecule has 0 bridgehead atoms. The molecule has 112 valence electrons. The normalized spacial score (nSPS) is 12.3. The van der Waals surface area contributed by atoms with Crippen molar-refractivity contribution in [2.45, 2.75) is 19.1 Å². The molecule has 1 heterocycles. The zero-order valence-corrected chi connectivity index (χ0v) is 12.6. The van der Waals surface area contributed by atoms with E-state index < -0.39 is 12.1 Å². The maximum absolute atomic E-state index is 13.1. The van der Waals surface area contributed by atoms with Gasteiger partial charge in [0.25, 0.3) is 0 Å². The SMILES string of the molecule is COC(CC(=O)O)Cn1nnnc1-c1ccc(F)cc1Br. The van der Waals surface area contributed by atoms with Gasteiger partial charge in [-0.1, -0.05) is 0 Å². The van der Waals surface area contributed by atoms with E-state index in [2.05, 4.69) is 31.5 Å². The Morgan fingerprint density at radius 3 is 2.95 bits per heavy atom. The average Bonchev–Trinajstić information content (AvgIpc) is 2.85. The first-order chi connectivity index (χ1) is 10.0. The third-order valence-corrected chi connectivity index (χ3v) is 3.47. The highest BCUT2D eigenvalue weighted by molar-refractivity contribution is 9.10. The summed E-state index contributed by atoms with van der Waals surface area (Å²) in [6, 6.07) is 4.14. The van der Waals surface area contributed by atoms with Gasteiger partial charge in [0.15, 0.2) is 5.82 Å². The van der Waals surface area contributed by atoms with Crippen LogP contribution in [0.5, 0.6) is 0 Å². The summed E-state index contributed by atoms with van der Waals surface area (Å²) in [5.74, 6) is -0.959. The zero-order chi connectivity index (χ0) is 15.4. The molecule has 0 fully saturated rings. The van der Waals surface area contributed by atoms with Gasteiger partial charge in [-0.3, -0.25) is 4.79 Å². The van der Waals surface area contributed by atoms with Crippen LogP contribution in [0, 0.1) is 5.82 Å². The van der Waals surface area contributed by atoms with E-state index in [0.29, 0.717) is 15.9 Å². The third-order valence-electron chi connectivity index (χ3n) is 2.82. The van der Waals surface area contributed by atoms with Gasteiger partial charge < -0.3 is 9.84 Å². The molecule has 1 atom stereocenters. The van der Waals surface area contributed by atoms with Crippen LogP contribution in [0.3, 0.4) is 0 Å². The molecule has 0 aliphatic carbocycles. The van der Waals surface area contributed by atoms with E-state index in [1.54, 1.807) is 6.07 Å². The number of tetrazole rings is 1. The molecule has 0 radical (unpaired) electrons. The van der Waals surface area contributed by atoms with Gasteiger partial charge in [-0.05, 0) is 44.6 Å². The molecule has 0 spiro atoms. The highest BCUT2D eigenvalue weighted by atomic mass is 79.9. The van der Waals surface area contributed by atoms with Gasteiger partial charge in [-0.2, -0.15) is 0 Å². The Hall–Kier alpha value is -1.87. The van der Waals surface area contributed by atoms with Gasteiger partial charge in [0.05, 0.1) is 19.1 Å². The molecule has 1 N–H and O–H groups in total. The summed E-state index contributed by atoms with van der Waals surface area (Å²) in [5.41, 5.74) is 0.603. The number of methoxy groups -OCH3 is 1. The number of carboxylic acids is 1. The number of nitrogens with zero attached hydrogens (tertiary/aromatic N) is 4. The molecule has 0 aliphatic heterocycles. The molecule has 21 heavy (non-hydrogen) atoms. The van der Waals surface area contributed by atoms with E-state index in [4.69, 9.17) is 9.84 Å². The molecule has 1 unspecified atom stereocenters. The van der Waals surface area contributed by atoms with Crippen LogP contribution in [-0.4, -0.2) is 44.5 Å². The summed E-state index contributed by atoms with van der Waals surface area (Å²) in [6.45, 7) is 0.176. The maximum atomic E-state index is 13.1. The lowest BCUT2D eigenvalue weighted by molar-refractivity contribution is -0.140. The van der Waals surface area contributed by atoms with Crippen molar-refractivity contribution < 1.29 is 19.0 Å². The van der Waals surface area contributed by atoms with Crippen LogP contribution >= 0.6 is 15.9 Å². The van der Waals surface area contributed by atoms with Crippen molar-refractivity contribution in [2.24, 2.45) is 0 Å². The number of rotatable bonds is 6. The summed E-state index contributed by atoms with van der Waals surface area (Å²) >= 11 is 3.25. The van der Waals surface area contributed by atoms with Crippen LogP contribution in [0.4, 0.5) is 4.39 Å². The Bertz CT molecular complexity index is 649. The van der Waals surface area contributed by atoms with Crippen LogP contribution in [0.1, 0.15) is 6.42 Å². The van der Waals surface area contributed by atoms with Crippen molar-refractivity contribution in [3.8, 4) is 11.4 Å². The smallest absolute Gasteiger partial charge is 0.306 e. The first-order valence-electron chi connectivity index (χ1n) is 5.97. The highest BCUT2D eigenvalue weighted by Gasteiger charge is 2.18. The van der Waals surface area contributed by atoms with Crippen molar-refractivity contribution in [3.63, 3.8) is 0 Å². The highest BCUT2D eigenvalue weighted by Crippen LogP contribution is 2.27.